The van der Waals surface area contributed by atoms with Gasteiger partial charge in [0, 0.05) is 49.4 Å². The molecular formula is C42H48N4O8S. The second-order valence-electron chi connectivity index (χ2n) is 13.3. The number of likely N-dealkylation sites (tertiary alicyclic amines) is 1. The van der Waals surface area contributed by atoms with Crippen molar-refractivity contribution in [3.05, 3.63) is 102 Å². The highest BCUT2D eigenvalue weighted by atomic mass is 32.2. The Morgan fingerprint density at radius 3 is 1.87 bits per heavy atom. The molecule has 0 spiro atoms. The molecule has 0 radical (unpaired) electrons. The largest absolute Gasteiger partial charge is 0.493 e. The van der Waals surface area contributed by atoms with Crippen LogP contribution in [0.25, 0.3) is 22.4 Å². The zero-order valence-corrected chi connectivity index (χ0v) is 33.2. The van der Waals surface area contributed by atoms with Crippen molar-refractivity contribution in [1.82, 2.24) is 19.2 Å². The van der Waals surface area contributed by atoms with E-state index in [9.17, 15) is 8.42 Å². The molecule has 0 aliphatic carbocycles. The molecule has 1 aliphatic heterocycles. The van der Waals surface area contributed by atoms with Crippen LogP contribution in [0.3, 0.4) is 0 Å². The number of hydrogen-bond acceptors (Lipinski definition) is 11. The molecule has 5 aromatic rings. The van der Waals surface area contributed by atoms with E-state index >= 15 is 0 Å². The minimum atomic E-state index is -3.97. The van der Waals surface area contributed by atoms with Gasteiger partial charge in [0.2, 0.25) is 21.5 Å². The SMILES string of the molecule is COc1cc(-c2cncc(CN(C3CCCCN3Cc3ccnc(-c4cc(OC)c(OC)c(OC)c4)c3)S(=O)(=O)c3ccc(C)cc3)c2)cc(OC)c1OC. The Kier molecular flexibility index (Phi) is 12.4. The highest BCUT2D eigenvalue weighted by Gasteiger charge is 2.37. The average Bonchev–Trinajstić information content (AvgIpc) is 3.22. The van der Waals surface area contributed by atoms with Gasteiger partial charge in [-0.15, -0.1) is 0 Å². The standard InChI is InChI=1S/C42H48N4O8S/c1-28-11-13-34(14-12-28)55(47,48)46(27-30-18-33(25-43-24-30)31-20-36(49-2)41(53-6)37(21-31)50-3)40-10-8-9-17-45(40)26-29-15-16-44-35(19-29)32-22-38(51-4)42(54-7)39(23-32)52-5/h11-16,18-25,40H,8-10,17,26-27H2,1-7H3. The van der Waals surface area contributed by atoms with Crippen molar-refractivity contribution < 1.29 is 36.8 Å². The third-order valence-corrected chi connectivity index (χ3v) is 11.7. The van der Waals surface area contributed by atoms with Gasteiger partial charge in [-0.1, -0.05) is 17.7 Å². The van der Waals surface area contributed by atoms with Crippen LogP contribution in [0.2, 0.25) is 0 Å². The monoisotopic (exact) mass is 768 g/mol. The van der Waals surface area contributed by atoms with Crippen LogP contribution in [0, 0.1) is 6.92 Å². The van der Waals surface area contributed by atoms with Gasteiger partial charge < -0.3 is 28.4 Å². The molecule has 13 heteroatoms. The second-order valence-corrected chi connectivity index (χ2v) is 15.2. The van der Waals surface area contributed by atoms with Crippen molar-refractivity contribution in [3.63, 3.8) is 0 Å². The van der Waals surface area contributed by atoms with Crippen LogP contribution in [-0.4, -0.2) is 83.0 Å². The summed E-state index contributed by atoms with van der Waals surface area (Å²) in [6.45, 7) is 3.28. The normalized spacial score (nSPS) is 14.7. The lowest BCUT2D eigenvalue weighted by Gasteiger charge is -2.42. The summed E-state index contributed by atoms with van der Waals surface area (Å²) >= 11 is 0. The zero-order chi connectivity index (χ0) is 39.1. The van der Waals surface area contributed by atoms with Gasteiger partial charge in [-0.2, -0.15) is 4.31 Å². The molecule has 3 heterocycles. The first kappa shape index (κ1) is 39.3. The molecule has 0 saturated carbocycles. The number of sulfonamides is 1. The Morgan fingerprint density at radius 2 is 1.29 bits per heavy atom. The molecule has 0 N–H and O–H groups in total. The van der Waals surface area contributed by atoms with Gasteiger partial charge in [0.05, 0.1) is 59.4 Å². The molecule has 12 nitrogen and oxygen atoms in total. The van der Waals surface area contributed by atoms with E-state index in [1.807, 2.05) is 61.5 Å². The Bertz CT molecular complexity index is 2160. The number of rotatable bonds is 15. The van der Waals surface area contributed by atoms with E-state index in [4.69, 9.17) is 28.4 Å². The van der Waals surface area contributed by atoms with Gasteiger partial charge >= 0.3 is 0 Å². The van der Waals surface area contributed by atoms with Gasteiger partial charge in [0.1, 0.15) is 0 Å². The number of nitrogens with zero attached hydrogens (tertiary/aromatic N) is 4. The van der Waals surface area contributed by atoms with Gasteiger partial charge in [-0.05, 0) is 97.5 Å². The summed E-state index contributed by atoms with van der Waals surface area (Å²) in [5.74, 6) is 3.05. The fourth-order valence-electron chi connectivity index (χ4n) is 7.03. The van der Waals surface area contributed by atoms with Crippen molar-refractivity contribution in [2.45, 2.75) is 50.3 Å². The maximum atomic E-state index is 14.7. The molecule has 0 amide bonds. The van der Waals surface area contributed by atoms with Crippen molar-refractivity contribution in [3.8, 4) is 56.9 Å². The van der Waals surface area contributed by atoms with E-state index in [0.29, 0.717) is 47.5 Å². The summed E-state index contributed by atoms with van der Waals surface area (Å²) in [6.07, 6.45) is 7.30. The maximum absolute atomic E-state index is 14.7. The first-order valence-corrected chi connectivity index (χ1v) is 19.4. The van der Waals surface area contributed by atoms with Crippen molar-refractivity contribution in [2.24, 2.45) is 0 Å². The van der Waals surface area contributed by atoms with Crippen molar-refractivity contribution in [1.29, 1.82) is 0 Å². The number of benzene rings is 3. The summed E-state index contributed by atoms with van der Waals surface area (Å²) in [5.41, 5.74) is 5.80. The predicted molar refractivity (Wildman–Crippen MR) is 211 cm³/mol. The van der Waals surface area contributed by atoms with Crippen molar-refractivity contribution >= 4 is 10.0 Å². The van der Waals surface area contributed by atoms with Crippen LogP contribution in [0.5, 0.6) is 34.5 Å². The molecule has 0 bridgehead atoms. The average molecular weight is 769 g/mol. The van der Waals surface area contributed by atoms with Crippen LogP contribution in [-0.2, 0) is 23.1 Å². The minimum absolute atomic E-state index is 0.107. The fourth-order valence-corrected chi connectivity index (χ4v) is 8.66. The number of aromatic nitrogens is 2. The molecule has 6 rings (SSSR count). The lowest BCUT2D eigenvalue weighted by molar-refractivity contribution is 0.0531. The number of piperidine rings is 1. The van der Waals surface area contributed by atoms with Gasteiger partial charge in [0.25, 0.3) is 0 Å². The van der Waals surface area contributed by atoms with Gasteiger partial charge in [0.15, 0.2) is 23.0 Å². The third-order valence-electron chi connectivity index (χ3n) is 9.84. The van der Waals surface area contributed by atoms with Crippen LogP contribution >= 0.6 is 0 Å². The first-order chi connectivity index (χ1) is 26.6. The number of methoxy groups -OCH3 is 6. The van der Waals surface area contributed by atoms with E-state index < -0.39 is 16.2 Å². The number of aryl methyl sites for hydroxylation is 1. The molecule has 1 aliphatic rings. The molecule has 1 saturated heterocycles. The Balaban J connectivity index is 1.37. The topological polar surface area (TPSA) is 122 Å². The van der Waals surface area contributed by atoms with Crippen LogP contribution < -0.4 is 28.4 Å². The molecule has 2 aromatic heterocycles. The van der Waals surface area contributed by atoms with E-state index in [2.05, 4.69) is 14.9 Å². The van der Waals surface area contributed by atoms with E-state index in [-0.39, 0.29) is 11.4 Å². The highest BCUT2D eigenvalue weighted by Crippen LogP contribution is 2.42. The fraction of sp³-hybridized carbons (Fsp3) is 0.333. The first-order valence-electron chi connectivity index (χ1n) is 18.0. The summed E-state index contributed by atoms with van der Waals surface area (Å²) in [5, 5.41) is 0. The van der Waals surface area contributed by atoms with Gasteiger partial charge in [-0.25, -0.2) is 8.42 Å². The predicted octanol–water partition coefficient (Wildman–Crippen LogP) is 7.37. The lowest BCUT2D eigenvalue weighted by Crippen LogP contribution is -2.52. The van der Waals surface area contributed by atoms with Crippen molar-refractivity contribution in [2.75, 3.05) is 49.2 Å². The zero-order valence-electron chi connectivity index (χ0n) is 32.4. The van der Waals surface area contributed by atoms with E-state index in [0.717, 1.165) is 58.5 Å². The Hall–Kier alpha value is -5.37. The number of pyridine rings is 2. The summed E-state index contributed by atoms with van der Waals surface area (Å²) in [6, 6.07) is 20.4. The molecule has 290 valence electrons. The van der Waals surface area contributed by atoms with Crippen LogP contribution in [0.4, 0.5) is 0 Å². The third kappa shape index (κ3) is 8.49. The van der Waals surface area contributed by atoms with Crippen LogP contribution in [0.15, 0.2) is 90.2 Å². The Morgan fingerprint density at radius 1 is 0.691 bits per heavy atom. The number of hydrogen-bond donors (Lipinski definition) is 0. The molecule has 1 atom stereocenters. The molecule has 3 aromatic carbocycles. The second kappa shape index (κ2) is 17.4. The molecule has 1 fully saturated rings. The number of ether oxygens (including phenoxy) is 6. The smallest absolute Gasteiger partial charge is 0.244 e. The van der Waals surface area contributed by atoms with Gasteiger partial charge in [-0.3, -0.25) is 14.9 Å². The molecule has 55 heavy (non-hydrogen) atoms. The maximum Gasteiger partial charge on any atom is 0.244 e. The minimum Gasteiger partial charge on any atom is -0.493 e. The summed E-state index contributed by atoms with van der Waals surface area (Å²) in [7, 11) is 5.46. The van der Waals surface area contributed by atoms with E-state index in [1.165, 1.54) is 0 Å². The molecular weight excluding hydrogens is 721 g/mol. The van der Waals surface area contributed by atoms with E-state index in [1.54, 1.807) is 77.7 Å². The van der Waals surface area contributed by atoms with Crippen LogP contribution in [0.1, 0.15) is 36.0 Å². The summed E-state index contributed by atoms with van der Waals surface area (Å²) < 4.78 is 64.6. The summed E-state index contributed by atoms with van der Waals surface area (Å²) in [4.78, 5) is 11.7. The Labute approximate surface area is 323 Å². The molecule has 1 unspecified atom stereocenters. The highest BCUT2D eigenvalue weighted by molar-refractivity contribution is 7.89. The quantitative estimate of drug-likeness (QED) is 0.106. The lowest BCUT2D eigenvalue weighted by atomic mass is 10.0.